The highest BCUT2D eigenvalue weighted by Crippen LogP contribution is 2.86. The molecular weight excluding hydrogens is 1070 g/mol. The molecule has 5 aromatic rings. The van der Waals surface area contributed by atoms with E-state index in [9.17, 15) is 27.2 Å². The number of hydrazine groups is 1. The third-order valence-electron chi connectivity index (χ3n) is 9.84. The molecule has 7 heterocycles. The van der Waals surface area contributed by atoms with E-state index >= 15 is 0 Å². The van der Waals surface area contributed by atoms with Crippen molar-refractivity contribution < 1.29 is 31.9 Å². The van der Waals surface area contributed by atoms with Crippen molar-refractivity contribution in [2.75, 3.05) is 50.3 Å². The topological polar surface area (TPSA) is 186 Å². The lowest BCUT2D eigenvalue weighted by molar-refractivity contribution is -0.120. The number of hydrazone groups is 1. The number of pyridine rings is 4. The lowest BCUT2D eigenvalue weighted by Crippen LogP contribution is -2.42. The summed E-state index contributed by atoms with van der Waals surface area (Å²) in [5, 5.41) is 12.0. The Hall–Kier alpha value is -3.18. The predicted octanol–water partition coefficient (Wildman–Crippen LogP) is 11.3. The van der Waals surface area contributed by atoms with Gasteiger partial charge in [-0.1, -0.05) is 24.9 Å². The first-order valence-corrected chi connectivity index (χ1v) is 33.1. The molecule has 0 bridgehead atoms. The highest BCUT2D eigenvalue weighted by Gasteiger charge is 2.25. The minimum atomic E-state index is -0.486. The van der Waals surface area contributed by atoms with Crippen LogP contribution < -0.4 is 26.9 Å². The number of ether oxygens (including phenoxy) is 1. The van der Waals surface area contributed by atoms with E-state index in [1.54, 1.807) is 36.1 Å². The van der Waals surface area contributed by atoms with Gasteiger partial charge in [-0.15, -0.1) is 35.7 Å². The smallest absolute Gasteiger partial charge is 0.410 e. The van der Waals surface area contributed by atoms with E-state index in [2.05, 4.69) is 70.6 Å². The maximum atomic E-state index is 13.1. The van der Waals surface area contributed by atoms with Gasteiger partial charge in [-0.2, -0.15) is 5.10 Å². The number of nitrogens with zero attached hydrogens (tertiary/aromatic N) is 9. The first-order valence-electron chi connectivity index (χ1n) is 22.9. The Balaban J connectivity index is 0.000000313. The van der Waals surface area contributed by atoms with E-state index in [0.717, 1.165) is 87.1 Å². The minimum absolute atomic E-state index is 0.165. The average molecular weight is 1140 g/mol. The summed E-state index contributed by atoms with van der Waals surface area (Å²) in [6.07, 6.45) is 12.0. The molecular formula is C46H71ClF4N12O3P6. The number of nitrogens with one attached hydrogen (secondary N) is 1. The Morgan fingerprint density at radius 3 is 1.76 bits per heavy atom. The summed E-state index contributed by atoms with van der Waals surface area (Å²) in [7, 11) is 16.6. The van der Waals surface area contributed by atoms with Gasteiger partial charge in [0.2, 0.25) is 0 Å². The molecule has 0 spiro atoms. The molecule has 5 aromatic heterocycles. The van der Waals surface area contributed by atoms with Gasteiger partial charge >= 0.3 is 6.09 Å². The van der Waals surface area contributed by atoms with Gasteiger partial charge < -0.3 is 25.3 Å². The fraction of sp³-hybridized carbons (Fsp3) is 0.457. The summed E-state index contributed by atoms with van der Waals surface area (Å²) in [6, 6.07) is 9.99. The molecule has 4 atom stereocenters. The van der Waals surface area contributed by atoms with Crippen molar-refractivity contribution in [2.45, 2.75) is 91.2 Å². The number of rotatable bonds is 4. The number of Topliss-reactive ketones (excluding diaryl/α,β-unsaturated/α-hetero) is 1. The van der Waals surface area contributed by atoms with Crippen LogP contribution in [-0.2, 0) is 29.5 Å². The first-order chi connectivity index (χ1) is 34.0. The molecule has 1 saturated carbocycles. The molecule has 1 saturated heterocycles. The number of amides is 1. The third-order valence-corrected chi connectivity index (χ3v) is 31.4. The van der Waals surface area contributed by atoms with Crippen LogP contribution in [0.1, 0.15) is 83.9 Å². The highest BCUT2D eigenvalue weighted by atomic mass is 35.5. The number of anilines is 2. The quantitative estimate of drug-likeness (QED) is 0.0509. The monoisotopic (exact) mass is 1140 g/mol. The summed E-state index contributed by atoms with van der Waals surface area (Å²) in [4.78, 5) is 39.5. The van der Waals surface area contributed by atoms with Crippen molar-refractivity contribution in [3.05, 3.63) is 107 Å². The zero-order valence-electron chi connectivity index (χ0n) is 42.0. The molecule has 1 amide bonds. The molecule has 4 unspecified atom stereocenters. The minimum Gasteiger partial charge on any atom is -0.444 e. The molecule has 0 aromatic carbocycles. The second-order valence-electron chi connectivity index (χ2n) is 16.9. The van der Waals surface area contributed by atoms with Crippen LogP contribution in [0.4, 0.5) is 34.0 Å². The number of piperidine rings is 1. The zero-order valence-corrected chi connectivity index (χ0v) is 49.2. The normalized spacial score (nSPS) is 13.9. The van der Waals surface area contributed by atoms with E-state index in [0.29, 0.717) is 48.5 Å². The SMILES string of the molecule is CCN.CN(N)c1ccc(F)cn1.CN(N=C1CCN(C(=O)OC(C)(C)C)CC1)c1ccc(F)cn1.Cn1c2c(c3cc(F)cnc31)CNCC2.Fc1ccc(Cl)nc1.O=C1CCCCC1.PP(P)P(P)P. The number of hydrogen-bond acceptors (Lipinski definition) is 13. The molecule has 8 rings (SSSR count). The standard InChI is InChI=1S/C16H23FN4O2.C11H12FN3.C6H8FN3.C6H10O.C5H3ClFN.C2H7N.H8P6/c1-16(2,3)23-15(22)21-9-7-13(8-10-21)19-20(4)14-6-5-12(17)11-18-14;1-15-10-2-3-13-6-9(10)8-4-7(12)5-14-11(8)15;1-10(8)6-3-2-5(7)4-9-6;7-6-4-2-1-3-5-6;6-5-2-1-4(7)3-8-5;1-2-3;1-5(2)6(3)4/h5-6,11H,7-10H2,1-4H3;4-5,13H,2-3,6H2,1H3;2-4H,8H2,1H3;1-5H2;1-3H;2-3H2,1H3;1-4H2. The van der Waals surface area contributed by atoms with Crippen molar-refractivity contribution in [1.29, 1.82) is 0 Å². The fourth-order valence-corrected chi connectivity index (χ4v) is 6.53. The molecule has 398 valence electrons. The molecule has 3 aliphatic rings. The summed E-state index contributed by atoms with van der Waals surface area (Å²) in [6.45, 7) is 11.5. The molecule has 26 heteroatoms. The summed E-state index contributed by atoms with van der Waals surface area (Å²) in [5.74, 6) is 5.54. The molecule has 1 aliphatic carbocycles. The van der Waals surface area contributed by atoms with E-state index in [-0.39, 0.29) is 43.3 Å². The maximum absolute atomic E-state index is 13.1. The van der Waals surface area contributed by atoms with Crippen LogP contribution in [0, 0.1) is 23.3 Å². The summed E-state index contributed by atoms with van der Waals surface area (Å²) in [5.41, 5.74) is 8.70. The van der Waals surface area contributed by atoms with Gasteiger partial charge in [0.05, 0.1) is 24.8 Å². The van der Waals surface area contributed by atoms with Gasteiger partial charge in [0.25, 0.3) is 0 Å². The second kappa shape index (κ2) is 34.4. The third kappa shape index (κ3) is 25.9. The maximum Gasteiger partial charge on any atom is 0.410 e. The summed E-state index contributed by atoms with van der Waals surface area (Å²) >= 11 is 5.33. The van der Waals surface area contributed by atoms with Crippen molar-refractivity contribution in [2.24, 2.45) is 23.7 Å². The number of likely N-dealkylation sites (tertiary alicyclic amines) is 1. The van der Waals surface area contributed by atoms with Crippen LogP contribution >= 0.6 is 61.3 Å². The lowest BCUT2D eigenvalue weighted by atomic mass is 10.00. The number of fused-ring (bicyclic) bond motifs is 3. The Morgan fingerprint density at radius 1 is 0.819 bits per heavy atom. The number of ketones is 1. The van der Waals surface area contributed by atoms with Gasteiger partial charge in [-0.3, -0.25) is 14.8 Å². The zero-order chi connectivity index (χ0) is 54.0. The van der Waals surface area contributed by atoms with Crippen molar-refractivity contribution in [3.63, 3.8) is 0 Å². The molecule has 2 fully saturated rings. The second-order valence-corrected chi connectivity index (χ2v) is 37.1. The van der Waals surface area contributed by atoms with Crippen LogP contribution in [0.3, 0.4) is 0 Å². The van der Waals surface area contributed by atoms with Gasteiger partial charge in [0, 0.05) is 96.2 Å². The molecule has 72 heavy (non-hydrogen) atoms. The number of aryl methyl sites for hydroxylation is 1. The number of carbonyl (C=O) groups is 2. The van der Waals surface area contributed by atoms with E-state index in [4.69, 9.17) is 27.9 Å². The van der Waals surface area contributed by atoms with Crippen molar-refractivity contribution >= 4 is 102 Å². The first kappa shape index (κ1) is 64.9. The van der Waals surface area contributed by atoms with E-state index < -0.39 is 5.60 Å². The number of aromatic nitrogens is 5. The number of carbonyl (C=O) groups excluding carboxylic acids is 2. The van der Waals surface area contributed by atoms with Crippen molar-refractivity contribution in [1.82, 2.24) is 34.7 Å². The Labute approximate surface area is 438 Å². The van der Waals surface area contributed by atoms with E-state index in [1.165, 1.54) is 59.2 Å². The fourth-order valence-electron chi connectivity index (χ4n) is 6.42. The molecule has 5 N–H and O–H groups in total. The van der Waals surface area contributed by atoms with Gasteiger partial charge in [0.15, 0.2) is 0 Å². The largest absolute Gasteiger partial charge is 0.444 e. The average Bonchev–Trinajstić information content (AvgIpc) is 3.61. The number of nitrogens with two attached hydrogens (primary N) is 2. The van der Waals surface area contributed by atoms with Gasteiger partial charge in [-0.25, -0.2) is 48.1 Å². The Morgan fingerprint density at radius 2 is 1.33 bits per heavy atom. The van der Waals surface area contributed by atoms with Crippen molar-refractivity contribution in [3.8, 4) is 0 Å². The Kier molecular flexibility index (Phi) is 31.0. The Bertz CT molecular complexity index is 2360. The molecule has 15 nitrogen and oxygen atoms in total. The number of hydrogen-bond donors (Lipinski definition) is 3. The number of halogens is 5. The van der Waals surface area contributed by atoms with Crippen LogP contribution in [0.15, 0.2) is 72.4 Å². The van der Waals surface area contributed by atoms with Crippen LogP contribution in [0.5, 0.6) is 0 Å². The van der Waals surface area contributed by atoms with Crippen LogP contribution in [-0.4, -0.2) is 92.9 Å². The lowest BCUT2D eigenvalue weighted by Gasteiger charge is -2.30. The van der Waals surface area contributed by atoms with Gasteiger partial charge in [-0.05, 0) is 102 Å². The highest BCUT2D eigenvalue weighted by molar-refractivity contribution is 8.92. The molecule has 0 radical (unpaired) electrons. The predicted molar refractivity (Wildman–Crippen MR) is 305 cm³/mol. The van der Waals surface area contributed by atoms with Crippen LogP contribution in [0.25, 0.3) is 11.0 Å². The van der Waals surface area contributed by atoms with E-state index in [1.807, 2.05) is 34.7 Å². The summed E-state index contributed by atoms with van der Waals surface area (Å²) < 4.78 is 57.6. The molecule has 2 aliphatic heterocycles. The van der Waals surface area contributed by atoms with Gasteiger partial charge in [0.1, 0.15) is 57.1 Å². The van der Waals surface area contributed by atoms with Crippen LogP contribution in [0.2, 0.25) is 5.15 Å².